The van der Waals surface area contributed by atoms with Gasteiger partial charge in [0.05, 0.1) is 11.6 Å². The molecule has 2 fully saturated rings. The Bertz CT molecular complexity index is 833. The number of imidazole rings is 1. The lowest BCUT2D eigenvalue weighted by Crippen LogP contribution is -2.35. The Morgan fingerprint density at radius 3 is 2.64 bits per heavy atom. The van der Waals surface area contributed by atoms with Gasteiger partial charge in [-0.05, 0) is 37.8 Å². The fraction of sp³-hybridized carbons (Fsp3) is 0.571. The molecule has 1 saturated heterocycles. The first-order valence-corrected chi connectivity index (χ1v) is 10.4. The van der Waals surface area contributed by atoms with E-state index >= 15 is 0 Å². The number of carbonyl (C=O) groups is 2. The molecule has 7 heteroatoms. The van der Waals surface area contributed by atoms with Crippen molar-refractivity contribution in [3.63, 3.8) is 0 Å². The molecule has 1 aliphatic carbocycles. The Morgan fingerprint density at radius 1 is 1.07 bits per heavy atom. The van der Waals surface area contributed by atoms with Crippen LogP contribution in [0.2, 0.25) is 0 Å². The van der Waals surface area contributed by atoms with Crippen LogP contribution in [0, 0.1) is 0 Å². The fourth-order valence-corrected chi connectivity index (χ4v) is 4.13. The Kier molecular flexibility index (Phi) is 5.90. The smallest absolute Gasteiger partial charge is 0.287 e. The average molecular weight is 384 g/mol. The second-order valence-electron chi connectivity index (χ2n) is 7.75. The Morgan fingerprint density at radius 2 is 1.89 bits per heavy atom. The van der Waals surface area contributed by atoms with Crippen LogP contribution in [0.1, 0.15) is 72.5 Å². The molecular formula is C21H28N4O3. The number of nitrogens with zero attached hydrogens (tertiary/aromatic N) is 2. The summed E-state index contributed by atoms with van der Waals surface area (Å²) in [6.45, 7) is 1.22. The summed E-state index contributed by atoms with van der Waals surface area (Å²) in [5, 5.41) is 6.03. The minimum absolute atomic E-state index is 0.0656. The quantitative estimate of drug-likeness (QED) is 0.776. The largest absolute Gasteiger partial charge is 0.376 e. The molecule has 2 amide bonds. The summed E-state index contributed by atoms with van der Waals surface area (Å²) in [6.07, 6.45) is 10.6. The number of fused-ring (bicyclic) bond motifs is 1. The molecule has 2 aliphatic rings. The van der Waals surface area contributed by atoms with Crippen molar-refractivity contribution >= 4 is 17.3 Å². The summed E-state index contributed by atoms with van der Waals surface area (Å²) in [7, 11) is 0. The second kappa shape index (κ2) is 8.73. The van der Waals surface area contributed by atoms with Crippen LogP contribution >= 0.6 is 0 Å². The van der Waals surface area contributed by atoms with Crippen LogP contribution in [0.4, 0.5) is 0 Å². The molecule has 0 spiro atoms. The highest BCUT2D eigenvalue weighted by Crippen LogP contribution is 2.19. The summed E-state index contributed by atoms with van der Waals surface area (Å²) in [5.41, 5.74) is 0.919. The molecule has 3 heterocycles. The summed E-state index contributed by atoms with van der Waals surface area (Å²) < 4.78 is 7.26. The molecule has 1 aliphatic heterocycles. The number of rotatable bonds is 5. The molecule has 4 rings (SSSR count). The minimum atomic E-state index is -0.271. The molecule has 0 bridgehead atoms. The average Bonchev–Trinajstić information content (AvgIpc) is 3.29. The van der Waals surface area contributed by atoms with E-state index in [0.29, 0.717) is 12.1 Å². The molecule has 0 radical (unpaired) electrons. The van der Waals surface area contributed by atoms with E-state index in [0.717, 1.165) is 45.1 Å². The van der Waals surface area contributed by atoms with Crippen LogP contribution in [0.3, 0.4) is 0 Å². The maximum Gasteiger partial charge on any atom is 0.287 e. The van der Waals surface area contributed by atoms with Gasteiger partial charge < -0.3 is 15.4 Å². The second-order valence-corrected chi connectivity index (χ2v) is 7.75. The summed E-state index contributed by atoms with van der Waals surface area (Å²) in [6, 6.07) is 5.69. The zero-order valence-corrected chi connectivity index (χ0v) is 16.2. The summed E-state index contributed by atoms with van der Waals surface area (Å²) in [5.74, 6) is -0.221. The Balaban J connectivity index is 1.51. The van der Waals surface area contributed by atoms with Crippen molar-refractivity contribution in [2.24, 2.45) is 0 Å². The zero-order chi connectivity index (χ0) is 19.3. The normalized spacial score (nSPS) is 20.8. The van der Waals surface area contributed by atoms with Gasteiger partial charge in [-0.1, -0.05) is 31.7 Å². The molecule has 28 heavy (non-hydrogen) atoms. The minimum Gasteiger partial charge on any atom is -0.376 e. The van der Waals surface area contributed by atoms with Crippen molar-refractivity contribution in [1.82, 2.24) is 20.0 Å². The van der Waals surface area contributed by atoms with E-state index in [9.17, 15) is 9.59 Å². The zero-order valence-electron chi connectivity index (χ0n) is 16.2. The maximum absolute atomic E-state index is 12.9. The topological polar surface area (TPSA) is 84.7 Å². The van der Waals surface area contributed by atoms with Crippen LogP contribution in [0.25, 0.3) is 5.52 Å². The van der Waals surface area contributed by atoms with Crippen LogP contribution < -0.4 is 10.6 Å². The Labute approximate surface area is 164 Å². The lowest BCUT2D eigenvalue weighted by atomic mass is 10.1. The van der Waals surface area contributed by atoms with Crippen LogP contribution in [0.5, 0.6) is 0 Å². The molecular weight excluding hydrogens is 356 g/mol. The van der Waals surface area contributed by atoms with Crippen molar-refractivity contribution in [2.75, 3.05) is 13.2 Å². The van der Waals surface area contributed by atoms with Gasteiger partial charge in [-0.15, -0.1) is 0 Å². The van der Waals surface area contributed by atoms with Crippen molar-refractivity contribution in [3.05, 3.63) is 35.9 Å². The van der Waals surface area contributed by atoms with Gasteiger partial charge in [0, 0.05) is 25.4 Å². The molecule has 2 aromatic heterocycles. The molecule has 1 atom stereocenters. The highest BCUT2D eigenvalue weighted by Gasteiger charge is 2.24. The highest BCUT2D eigenvalue weighted by molar-refractivity contribution is 6.02. The van der Waals surface area contributed by atoms with Crippen LogP contribution in [-0.2, 0) is 4.74 Å². The number of hydrogen-bond donors (Lipinski definition) is 2. The third-order valence-corrected chi connectivity index (χ3v) is 5.67. The number of aromatic nitrogens is 2. The van der Waals surface area contributed by atoms with Crippen LogP contribution in [0.15, 0.2) is 24.4 Å². The molecule has 0 aromatic carbocycles. The first kappa shape index (κ1) is 18.9. The van der Waals surface area contributed by atoms with Crippen molar-refractivity contribution in [2.45, 2.75) is 63.5 Å². The van der Waals surface area contributed by atoms with E-state index in [1.54, 1.807) is 10.6 Å². The monoisotopic (exact) mass is 384 g/mol. The maximum atomic E-state index is 12.9. The van der Waals surface area contributed by atoms with Gasteiger partial charge in [-0.25, -0.2) is 4.98 Å². The fourth-order valence-electron chi connectivity index (χ4n) is 4.13. The van der Waals surface area contributed by atoms with Gasteiger partial charge in [0.25, 0.3) is 11.8 Å². The van der Waals surface area contributed by atoms with Crippen molar-refractivity contribution in [3.8, 4) is 0 Å². The molecule has 7 nitrogen and oxygen atoms in total. The van der Waals surface area contributed by atoms with E-state index in [1.165, 1.54) is 12.8 Å². The van der Waals surface area contributed by atoms with Gasteiger partial charge in [0.1, 0.15) is 0 Å². The SMILES string of the molecule is O=C(NCC1CCCO1)c1nc(C(=O)NC2CCCCCC2)n2ccccc12. The van der Waals surface area contributed by atoms with E-state index in [1.807, 2.05) is 18.2 Å². The first-order valence-electron chi connectivity index (χ1n) is 10.4. The van der Waals surface area contributed by atoms with E-state index < -0.39 is 0 Å². The predicted molar refractivity (Wildman–Crippen MR) is 105 cm³/mol. The van der Waals surface area contributed by atoms with Gasteiger partial charge in [0.15, 0.2) is 5.69 Å². The number of amides is 2. The van der Waals surface area contributed by atoms with E-state index in [4.69, 9.17) is 4.74 Å². The standard InChI is InChI=1S/C21H28N4O3/c26-20(22-14-16-10-7-13-28-16)18-17-11-5-6-12-25(17)19(24-18)21(27)23-15-8-3-1-2-4-9-15/h5-6,11-12,15-16H,1-4,7-10,13-14H2,(H,22,26)(H,23,27). The van der Waals surface area contributed by atoms with Crippen molar-refractivity contribution in [1.29, 1.82) is 0 Å². The van der Waals surface area contributed by atoms with Gasteiger partial charge in [-0.3, -0.25) is 14.0 Å². The number of ether oxygens (including phenoxy) is 1. The number of pyridine rings is 1. The third kappa shape index (κ3) is 4.19. The summed E-state index contributed by atoms with van der Waals surface area (Å²) >= 11 is 0. The predicted octanol–water partition coefficient (Wildman–Crippen LogP) is 2.70. The lowest BCUT2D eigenvalue weighted by Gasteiger charge is -2.15. The lowest BCUT2D eigenvalue weighted by molar-refractivity contribution is 0.0855. The molecule has 1 saturated carbocycles. The van der Waals surface area contributed by atoms with E-state index in [-0.39, 0.29) is 35.5 Å². The first-order chi connectivity index (χ1) is 13.7. The molecule has 2 N–H and O–H groups in total. The van der Waals surface area contributed by atoms with Gasteiger partial charge in [0.2, 0.25) is 5.82 Å². The molecule has 1 unspecified atom stereocenters. The highest BCUT2D eigenvalue weighted by atomic mass is 16.5. The third-order valence-electron chi connectivity index (χ3n) is 5.67. The van der Waals surface area contributed by atoms with Gasteiger partial charge in [-0.2, -0.15) is 0 Å². The van der Waals surface area contributed by atoms with Crippen LogP contribution in [-0.4, -0.2) is 46.5 Å². The van der Waals surface area contributed by atoms with Gasteiger partial charge >= 0.3 is 0 Å². The Hall–Kier alpha value is -2.41. The number of hydrogen-bond acceptors (Lipinski definition) is 4. The van der Waals surface area contributed by atoms with E-state index in [2.05, 4.69) is 15.6 Å². The van der Waals surface area contributed by atoms with Crippen molar-refractivity contribution < 1.29 is 14.3 Å². The summed E-state index contributed by atoms with van der Waals surface area (Å²) in [4.78, 5) is 30.0. The number of nitrogens with one attached hydrogen (secondary N) is 2. The molecule has 2 aromatic rings. The molecule has 150 valence electrons. The number of carbonyl (C=O) groups excluding carboxylic acids is 2.